The summed E-state index contributed by atoms with van der Waals surface area (Å²) in [4.78, 5) is 15.5. The Bertz CT molecular complexity index is 400. The molecule has 94 valence electrons. The van der Waals surface area contributed by atoms with Crippen LogP contribution >= 0.6 is 0 Å². The minimum Gasteiger partial charge on any atom is -0.480 e. The second-order valence-electron chi connectivity index (χ2n) is 4.45. The molecule has 0 aliphatic heterocycles. The zero-order valence-electron chi connectivity index (χ0n) is 10.1. The van der Waals surface area contributed by atoms with Crippen LogP contribution in [0.5, 0.6) is 0 Å². The van der Waals surface area contributed by atoms with E-state index in [1.54, 1.807) is 6.33 Å². The Morgan fingerprint density at radius 1 is 1.59 bits per heavy atom. The van der Waals surface area contributed by atoms with Gasteiger partial charge in [-0.3, -0.25) is 4.79 Å². The first-order chi connectivity index (χ1) is 8.22. The minimum absolute atomic E-state index is 0.464. The maximum absolute atomic E-state index is 11.1. The first-order valence-corrected chi connectivity index (χ1v) is 6.21. The van der Waals surface area contributed by atoms with E-state index in [4.69, 9.17) is 5.11 Å². The van der Waals surface area contributed by atoms with Gasteiger partial charge in [0.15, 0.2) is 0 Å². The number of nitrogens with zero attached hydrogens (tertiary/aromatic N) is 2. The highest BCUT2D eigenvalue weighted by Crippen LogP contribution is 2.19. The lowest BCUT2D eigenvalue weighted by Crippen LogP contribution is -2.40. The van der Waals surface area contributed by atoms with Crippen molar-refractivity contribution in [2.45, 2.75) is 45.2 Å². The molecule has 1 atom stereocenters. The number of hydrogen-bond acceptors (Lipinski definition) is 3. The fourth-order valence-electron chi connectivity index (χ4n) is 2.36. The van der Waals surface area contributed by atoms with Crippen molar-refractivity contribution in [2.24, 2.45) is 0 Å². The first-order valence-electron chi connectivity index (χ1n) is 6.21. The number of carboxylic acids is 1. The van der Waals surface area contributed by atoms with E-state index in [2.05, 4.69) is 10.3 Å². The van der Waals surface area contributed by atoms with Crippen LogP contribution in [0, 0.1) is 0 Å². The number of aryl methyl sites for hydroxylation is 1. The molecule has 1 aliphatic carbocycles. The van der Waals surface area contributed by atoms with Crippen LogP contribution in [0.3, 0.4) is 0 Å². The van der Waals surface area contributed by atoms with Crippen LogP contribution in [0.15, 0.2) is 6.33 Å². The second kappa shape index (κ2) is 5.31. The molecule has 0 saturated carbocycles. The molecular formula is C12H19N3O2. The number of aliphatic carboxylic acids is 1. The largest absolute Gasteiger partial charge is 0.480 e. The number of aromatic nitrogens is 2. The van der Waals surface area contributed by atoms with Crippen LogP contribution in [0.2, 0.25) is 0 Å². The third kappa shape index (κ3) is 2.66. The molecule has 5 nitrogen and oxygen atoms in total. The van der Waals surface area contributed by atoms with Gasteiger partial charge in [-0.25, -0.2) is 4.98 Å². The summed E-state index contributed by atoms with van der Waals surface area (Å²) in [5.41, 5.74) is 2.37. The fourth-order valence-corrected chi connectivity index (χ4v) is 2.36. The average molecular weight is 237 g/mol. The molecule has 0 aromatic carbocycles. The van der Waals surface area contributed by atoms with Gasteiger partial charge in [-0.15, -0.1) is 0 Å². The Hall–Kier alpha value is -1.36. The van der Waals surface area contributed by atoms with Crippen LogP contribution in [-0.4, -0.2) is 33.2 Å². The summed E-state index contributed by atoms with van der Waals surface area (Å²) in [6.07, 6.45) is 6.20. The van der Waals surface area contributed by atoms with Gasteiger partial charge in [0.1, 0.15) is 6.04 Å². The van der Waals surface area contributed by atoms with Crippen LogP contribution in [0.1, 0.15) is 31.2 Å². The van der Waals surface area contributed by atoms with Gasteiger partial charge in [0.2, 0.25) is 0 Å². The summed E-state index contributed by atoms with van der Waals surface area (Å²) in [7, 11) is 0. The van der Waals surface area contributed by atoms with Crippen molar-refractivity contribution in [1.82, 2.24) is 14.9 Å². The van der Waals surface area contributed by atoms with Gasteiger partial charge in [0.25, 0.3) is 0 Å². The predicted molar refractivity (Wildman–Crippen MR) is 64.0 cm³/mol. The number of imidazole rings is 1. The van der Waals surface area contributed by atoms with Crippen molar-refractivity contribution in [1.29, 1.82) is 0 Å². The van der Waals surface area contributed by atoms with Gasteiger partial charge >= 0.3 is 5.97 Å². The van der Waals surface area contributed by atoms with Gasteiger partial charge in [-0.1, -0.05) is 6.92 Å². The van der Waals surface area contributed by atoms with E-state index in [1.807, 2.05) is 11.5 Å². The van der Waals surface area contributed by atoms with Crippen LogP contribution in [-0.2, 0) is 24.2 Å². The topological polar surface area (TPSA) is 67.2 Å². The minimum atomic E-state index is -0.801. The molecule has 1 unspecified atom stereocenters. The zero-order valence-corrected chi connectivity index (χ0v) is 10.1. The Morgan fingerprint density at radius 2 is 2.35 bits per heavy atom. The maximum atomic E-state index is 11.1. The van der Waals surface area contributed by atoms with Crippen molar-refractivity contribution in [3.63, 3.8) is 0 Å². The maximum Gasteiger partial charge on any atom is 0.322 e. The number of rotatable bonds is 5. The number of carbonyl (C=O) groups is 1. The molecule has 2 rings (SSSR count). The number of nitrogens with one attached hydrogen (secondary N) is 1. The second-order valence-corrected chi connectivity index (χ2v) is 4.45. The van der Waals surface area contributed by atoms with Crippen molar-refractivity contribution in [2.75, 3.05) is 6.54 Å². The summed E-state index contributed by atoms with van der Waals surface area (Å²) >= 11 is 0. The van der Waals surface area contributed by atoms with Crippen LogP contribution in [0.25, 0.3) is 0 Å². The first kappa shape index (κ1) is 12.1. The number of likely N-dealkylation sites (N-methyl/N-ethyl adjacent to an activating group) is 1. The highest BCUT2D eigenvalue weighted by atomic mass is 16.4. The van der Waals surface area contributed by atoms with Crippen molar-refractivity contribution in [3.05, 3.63) is 17.7 Å². The lowest BCUT2D eigenvalue weighted by molar-refractivity contribution is -0.139. The standard InChI is InChI=1S/C12H19N3O2/c1-2-13-10(12(16)17)7-15-8-14-9-5-3-4-6-11(9)15/h8,10,13H,2-7H2,1H3,(H,16,17). The highest BCUT2D eigenvalue weighted by molar-refractivity contribution is 5.73. The summed E-state index contributed by atoms with van der Waals surface area (Å²) < 4.78 is 2.00. The third-order valence-corrected chi connectivity index (χ3v) is 3.24. The van der Waals surface area contributed by atoms with E-state index < -0.39 is 12.0 Å². The van der Waals surface area contributed by atoms with Gasteiger partial charge in [-0.05, 0) is 32.2 Å². The molecule has 1 aliphatic rings. The SMILES string of the molecule is CCNC(Cn1cnc2c1CCCC2)C(=O)O. The molecule has 0 amide bonds. The number of fused-ring (bicyclic) bond motifs is 1. The summed E-state index contributed by atoms with van der Waals surface area (Å²) in [5, 5.41) is 12.1. The van der Waals surface area contributed by atoms with Crippen LogP contribution < -0.4 is 5.32 Å². The molecule has 0 spiro atoms. The third-order valence-electron chi connectivity index (χ3n) is 3.24. The predicted octanol–water partition coefficient (Wildman–Crippen LogP) is 0.825. The Morgan fingerprint density at radius 3 is 3.06 bits per heavy atom. The normalized spacial score (nSPS) is 16.5. The summed E-state index contributed by atoms with van der Waals surface area (Å²) in [5.74, 6) is -0.801. The fraction of sp³-hybridized carbons (Fsp3) is 0.667. The molecule has 17 heavy (non-hydrogen) atoms. The molecule has 1 aromatic heterocycles. The molecule has 0 fully saturated rings. The lowest BCUT2D eigenvalue weighted by Gasteiger charge is -2.18. The molecule has 0 radical (unpaired) electrons. The van der Waals surface area contributed by atoms with Crippen molar-refractivity contribution < 1.29 is 9.90 Å². The van der Waals surface area contributed by atoms with E-state index in [1.165, 1.54) is 18.5 Å². The number of hydrogen-bond donors (Lipinski definition) is 2. The number of carboxylic acid groups (broad SMARTS) is 1. The Balaban J connectivity index is 2.11. The molecule has 5 heteroatoms. The molecule has 2 N–H and O–H groups in total. The van der Waals surface area contributed by atoms with Gasteiger partial charge < -0.3 is 15.0 Å². The molecular weight excluding hydrogens is 218 g/mol. The summed E-state index contributed by atoms with van der Waals surface area (Å²) in [6, 6.07) is -0.528. The lowest BCUT2D eigenvalue weighted by atomic mass is 10.0. The van der Waals surface area contributed by atoms with Gasteiger partial charge in [0, 0.05) is 12.2 Å². The van der Waals surface area contributed by atoms with Gasteiger partial charge in [-0.2, -0.15) is 0 Å². The molecule has 1 aromatic rings. The van der Waals surface area contributed by atoms with E-state index in [0.29, 0.717) is 13.1 Å². The van der Waals surface area contributed by atoms with E-state index in [-0.39, 0.29) is 0 Å². The van der Waals surface area contributed by atoms with E-state index in [0.717, 1.165) is 18.5 Å². The molecule has 0 saturated heterocycles. The Labute approximate surface area is 101 Å². The smallest absolute Gasteiger partial charge is 0.322 e. The van der Waals surface area contributed by atoms with Crippen LogP contribution in [0.4, 0.5) is 0 Å². The summed E-state index contributed by atoms with van der Waals surface area (Å²) in [6.45, 7) is 3.04. The average Bonchev–Trinajstić information content (AvgIpc) is 2.72. The van der Waals surface area contributed by atoms with Crippen molar-refractivity contribution in [3.8, 4) is 0 Å². The molecule has 0 bridgehead atoms. The quantitative estimate of drug-likeness (QED) is 0.796. The Kier molecular flexibility index (Phi) is 3.78. The monoisotopic (exact) mass is 237 g/mol. The van der Waals surface area contributed by atoms with E-state index in [9.17, 15) is 4.79 Å². The zero-order chi connectivity index (χ0) is 12.3. The van der Waals surface area contributed by atoms with Gasteiger partial charge in [0.05, 0.1) is 12.0 Å². The molecule has 1 heterocycles. The van der Waals surface area contributed by atoms with Crippen molar-refractivity contribution >= 4 is 5.97 Å². The van der Waals surface area contributed by atoms with E-state index >= 15 is 0 Å². The highest BCUT2D eigenvalue weighted by Gasteiger charge is 2.20.